The van der Waals surface area contributed by atoms with E-state index < -0.39 is 0 Å². The van der Waals surface area contributed by atoms with E-state index >= 15 is 0 Å². The van der Waals surface area contributed by atoms with Crippen LogP contribution in [0, 0.1) is 5.82 Å². The van der Waals surface area contributed by atoms with Crippen molar-refractivity contribution in [1.29, 1.82) is 0 Å². The standard InChI is InChI=1S/C23H20FN3O2/c1-26-23(29)19(16-10-12-18(24)13-11-16)14-15-6-8-17(9-7-15)22(28)27-21-5-3-2-4-20(21)25/h2-14H,25H2,1H3,(H,26,29)(H,27,28)/b19-14-. The van der Waals surface area contributed by atoms with E-state index in [4.69, 9.17) is 5.73 Å². The molecule has 0 aliphatic carbocycles. The lowest BCUT2D eigenvalue weighted by Crippen LogP contribution is -2.19. The number of nitrogen functional groups attached to an aromatic ring is 1. The van der Waals surface area contributed by atoms with Crippen molar-refractivity contribution in [2.45, 2.75) is 0 Å². The van der Waals surface area contributed by atoms with E-state index in [0.29, 0.717) is 28.1 Å². The van der Waals surface area contributed by atoms with E-state index in [1.165, 1.54) is 19.2 Å². The van der Waals surface area contributed by atoms with Crippen LogP contribution in [0.3, 0.4) is 0 Å². The Balaban J connectivity index is 1.83. The quantitative estimate of drug-likeness (QED) is 0.351. The molecule has 6 heteroatoms. The fourth-order valence-corrected chi connectivity index (χ4v) is 2.75. The Kier molecular flexibility index (Phi) is 6.04. The van der Waals surface area contributed by atoms with Crippen LogP contribution in [0.4, 0.5) is 15.8 Å². The number of carbonyl (C=O) groups is 2. The van der Waals surface area contributed by atoms with Crippen LogP contribution in [-0.2, 0) is 4.79 Å². The van der Waals surface area contributed by atoms with Crippen molar-refractivity contribution in [3.05, 3.63) is 95.3 Å². The van der Waals surface area contributed by atoms with Crippen LogP contribution in [0.1, 0.15) is 21.5 Å². The highest BCUT2D eigenvalue weighted by molar-refractivity contribution is 6.24. The molecule has 29 heavy (non-hydrogen) atoms. The van der Waals surface area contributed by atoms with Gasteiger partial charge in [0, 0.05) is 18.2 Å². The first-order valence-corrected chi connectivity index (χ1v) is 8.93. The second kappa shape index (κ2) is 8.84. The zero-order chi connectivity index (χ0) is 20.8. The van der Waals surface area contributed by atoms with Gasteiger partial charge in [0.15, 0.2) is 0 Å². The van der Waals surface area contributed by atoms with Gasteiger partial charge in [-0.2, -0.15) is 0 Å². The predicted octanol–water partition coefficient (Wildman–Crippen LogP) is 3.95. The Bertz CT molecular complexity index is 1060. The minimum Gasteiger partial charge on any atom is -0.397 e. The molecular weight excluding hydrogens is 369 g/mol. The summed E-state index contributed by atoms with van der Waals surface area (Å²) in [5, 5.41) is 5.35. The fourth-order valence-electron chi connectivity index (χ4n) is 2.75. The molecule has 0 fully saturated rings. The average Bonchev–Trinajstić information content (AvgIpc) is 2.74. The van der Waals surface area contributed by atoms with Crippen molar-refractivity contribution in [1.82, 2.24) is 5.32 Å². The van der Waals surface area contributed by atoms with Crippen LogP contribution < -0.4 is 16.4 Å². The van der Waals surface area contributed by atoms with Gasteiger partial charge in [0.25, 0.3) is 11.8 Å². The number of anilines is 2. The maximum Gasteiger partial charge on any atom is 0.255 e. The predicted molar refractivity (Wildman–Crippen MR) is 114 cm³/mol. The third kappa shape index (κ3) is 4.87. The van der Waals surface area contributed by atoms with E-state index in [2.05, 4.69) is 10.6 Å². The highest BCUT2D eigenvalue weighted by Crippen LogP contribution is 2.21. The summed E-state index contributed by atoms with van der Waals surface area (Å²) in [5.74, 6) is -0.958. The third-order valence-corrected chi connectivity index (χ3v) is 4.32. The summed E-state index contributed by atoms with van der Waals surface area (Å²) in [7, 11) is 1.53. The molecule has 0 atom stereocenters. The number of amides is 2. The van der Waals surface area contributed by atoms with E-state index in [-0.39, 0.29) is 17.6 Å². The molecule has 3 rings (SSSR count). The molecule has 146 valence electrons. The normalized spacial score (nSPS) is 11.0. The first-order chi connectivity index (χ1) is 14.0. The van der Waals surface area contributed by atoms with Gasteiger partial charge >= 0.3 is 0 Å². The average molecular weight is 389 g/mol. The van der Waals surface area contributed by atoms with Crippen molar-refractivity contribution in [3.63, 3.8) is 0 Å². The van der Waals surface area contributed by atoms with Gasteiger partial charge in [-0.3, -0.25) is 9.59 Å². The topological polar surface area (TPSA) is 84.2 Å². The van der Waals surface area contributed by atoms with Gasteiger partial charge in [0.2, 0.25) is 0 Å². The lowest BCUT2D eigenvalue weighted by atomic mass is 10.0. The number of carbonyl (C=O) groups excluding carboxylic acids is 2. The van der Waals surface area contributed by atoms with E-state index in [1.807, 2.05) is 0 Å². The number of nitrogens with one attached hydrogen (secondary N) is 2. The van der Waals surface area contributed by atoms with Gasteiger partial charge in [0.05, 0.1) is 11.4 Å². The Morgan fingerprint density at radius 3 is 2.14 bits per heavy atom. The summed E-state index contributed by atoms with van der Waals surface area (Å²) >= 11 is 0. The molecule has 0 heterocycles. The number of nitrogens with two attached hydrogens (primary N) is 1. The van der Waals surface area contributed by atoms with Crippen LogP contribution in [0.5, 0.6) is 0 Å². The second-order valence-corrected chi connectivity index (χ2v) is 6.31. The number of hydrogen-bond donors (Lipinski definition) is 3. The molecule has 2 amide bonds. The molecular formula is C23H20FN3O2. The summed E-state index contributed by atoms with van der Waals surface area (Å²) in [6, 6.07) is 19.5. The molecule has 3 aromatic carbocycles. The van der Waals surface area contributed by atoms with Crippen molar-refractivity contribution >= 4 is 34.8 Å². The summed E-state index contributed by atoms with van der Waals surface area (Å²) in [5.41, 5.74) is 9.03. The van der Waals surface area contributed by atoms with Gasteiger partial charge in [-0.1, -0.05) is 36.4 Å². The molecule has 0 bridgehead atoms. The highest BCUT2D eigenvalue weighted by atomic mass is 19.1. The van der Waals surface area contributed by atoms with E-state index in [9.17, 15) is 14.0 Å². The van der Waals surface area contributed by atoms with E-state index in [1.54, 1.807) is 66.7 Å². The van der Waals surface area contributed by atoms with Crippen LogP contribution in [0.2, 0.25) is 0 Å². The first-order valence-electron chi connectivity index (χ1n) is 8.93. The molecule has 0 aliphatic heterocycles. The number of rotatable bonds is 5. The lowest BCUT2D eigenvalue weighted by Gasteiger charge is -2.09. The van der Waals surface area contributed by atoms with Crippen molar-refractivity contribution in [2.75, 3.05) is 18.1 Å². The number of halogens is 1. The largest absolute Gasteiger partial charge is 0.397 e. The SMILES string of the molecule is CNC(=O)/C(=C\c1ccc(C(=O)Nc2ccccc2N)cc1)c1ccc(F)cc1. The summed E-state index contributed by atoms with van der Waals surface area (Å²) in [6.45, 7) is 0. The van der Waals surface area contributed by atoms with Gasteiger partial charge in [0.1, 0.15) is 5.82 Å². The second-order valence-electron chi connectivity index (χ2n) is 6.31. The molecule has 0 saturated carbocycles. The Morgan fingerprint density at radius 2 is 1.52 bits per heavy atom. The molecule has 0 spiro atoms. The smallest absolute Gasteiger partial charge is 0.255 e. The Labute approximate surface area is 168 Å². The number of benzene rings is 3. The van der Waals surface area contributed by atoms with Crippen LogP contribution in [0.25, 0.3) is 11.6 Å². The summed E-state index contributed by atoms with van der Waals surface area (Å²) in [4.78, 5) is 24.7. The number of hydrogen-bond acceptors (Lipinski definition) is 3. The van der Waals surface area contributed by atoms with Gasteiger partial charge in [-0.25, -0.2) is 4.39 Å². The zero-order valence-electron chi connectivity index (χ0n) is 15.8. The van der Waals surface area contributed by atoms with Gasteiger partial charge in [-0.15, -0.1) is 0 Å². The molecule has 0 aromatic heterocycles. The maximum atomic E-state index is 13.2. The monoisotopic (exact) mass is 389 g/mol. The molecule has 5 nitrogen and oxygen atoms in total. The zero-order valence-corrected chi connectivity index (χ0v) is 15.8. The molecule has 0 radical (unpaired) electrons. The Hall–Kier alpha value is -3.93. The van der Waals surface area contributed by atoms with Crippen molar-refractivity contribution < 1.29 is 14.0 Å². The lowest BCUT2D eigenvalue weighted by molar-refractivity contribution is -0.115. The highest BCUT2D eigenvalue weighted by Gasteiger charge is 2.12. The number of para-hydroxylation sites is 2. The minimum atomic E-state index is -0.376. The summed E-state index contributed by atoms with van der Waals surface area (Å²) in [6.07, 6.45) is 1.68. The van der Waals surface area contributed by atoms with Gasteiger partial charge < -0.3 is 16.4 Å². The van der Waals surface area contributed by atoms with Crippen molar-refractivity contribution in [3.8, 4) is 0 Å². The van der Waals surface area contributed by atoms with Crippen LogP contribution >= 0.6 is 0 Å². The maximum absolute atomic E-state index is 13.2. The number of likely N-dealkylation sites (N-methyl/N-ethyl adjacent to an activating group) is 1. The van der Waals surface area contributed by atoms with Crippen LogP contribution in [0.15, 0.2) is 72.8 Å². The molecule has 3 aromatic rings. The van der Waals surface area contributed by atoms with Crippen LogP contribution in [-0.4, -0.2) is 18.9 Å². The van der Waals surface area contributed by atoms with Crippen molar-refractivity contribution in [2.24, 2.45) is 0 Å². The van der Waals surface area contributed by atoms with Gasteiger partial charge in [-0.05, 0) is 53.6 Å². The molecule has 4 N–H and O–H groups in total. The summed E-state index contributed by atoms with van der Waals surface area (Å²) < 4.78 is 13.2. The first kappa shape index (κ1) is 19.8. The van der Waals surface area contributed by atoms with E-state index in [0.717, 1.165) is 5.56 Å². The third-order valence-electron chi connectivity index (χ3n) is 4.32. The minimum absolute atomic E-state index is 0.288. The Morgan fingerprint density at radius 1 is 0.897 bits per heavy atom. The fraction of sp³-hybridized carbons (Fsp3) is 0.0435. The molecule has 0 unspecified atom stereocenters. The molecule has 0 aliphatic rings. The molecule has 0 saturated heterocycles.